The zero-order valence-electron chi connectivity index (χ0n) is 10.1. The normalized spacial score (nSPS) is 15.1. The summed E-state index contributed by atoms with van der Waals surface area (Å²) in [5, 5.41) is 14.8. The molecular weight excluding hydrogens is 314 g/mol. The molecule has 1 fully saturated rings. The van der Waals surface area contributed by atoms with Crippen LogP contribution in [0.2, 0.25) is 0 Å². The molecule has 1 heterocycles. The van der Waals surface area contributed by atoms with Crippen molar-refractivity contribution in [3.63, 3.8) is 0 Å². The molecule has 0 spiro atoms. The minimum Gasteiger partial charge on any atom is -0.478 e. The first-order chi connectivity index (χ1) is 9.06. The number of carboxylic acids is 1. The Kier molecular flexibility index (Phi) is 4.39. The molecule has 1 aliphatic rings. The quantitative estimate of drug-likeness (QED) is 0.770. The number of amides is 2. The second-order valence-electron chi connectivity index (χ2n) is 4.20. The molecule has 0 aromatic heterocycles. The number of aromatic carboxylic acids is 1. The number of piperazine rings is 1. The van der Waals surface area contributed by atoms with Crippen molar-refractivity contribution >= 4 is 33.6 Å². The molecule has 1 saturated heterocycles. The summed E-state index contributed by atoms with van der Waals surface area (Å²) in [6, 6.07) is 4.39. The number of anilines is 1. The molecule has 0 saturated carbocycles. The van der Waals surface area contributed by atoms with E-state index in [1.54, 1.807) is 11.0 Å². The van der Waals surface area contributed by atoms with Crippen molar-refractivity contribution < 1.29 is 14.7 Å². The highest BCUT2D eigenvalue weighted by atomic mass is 79.9. The molecule has 1 aromatic carbocycles. The van der Waals surface area contributed by atoms with Gasteiger partial charge in [-0.15, -0.1) is 0 Å². The van der Waals surface area contributed by atoms with E-state index in [2.05, 4.69) is 26.6 Å². The number of nitrogens with zero attached hydrogens (tertiary/aromatic N) is 1. The van der Waals surface area contributed by atoms with Crippen molar-refractivity contribution in [2.75, 3.05) is 31.5 Å². The largest absolute Gasteiger partial charge is 0.478 e. The van der Waals surface area contributed by atoms with E-state index in [-0.39, 0.29) is 11.6 Å². The Morgan fingerprint density at radius 1 is 1.26 bits per heavy atom. The maximum Gasteiger partial charge on any atom is 0.335 e. The van der Waals surface area contributed by atoms with Crippen LogP contribution in [-0.4, -0.2) is 48.2 Å². The van der Waals surface area contributed by atoms with Crippen molar-refractivity contribution in [2.45, 2.75) is 0 Å². The lowest BCUT2D eigenvalue weighted by molar-refractivity contribution is 0.0697. The number of hydrogen-bond acceptors (Lipinski definition) is 3. The molecule has 2 amide bonds. The first-order valence-electron chi connectivity index (χ1n) is 5.87. The van der Waals surface area contributed by atoms with E-state index in [0.717, 1.165) is 13.1 Å². The zero-order chi connectivity index (χ0) is 13.8. The third-order valence-corrected chi connectivity index (χ3v) is 3.26. The minimum atomic E-state index is -1.03. The summed E-state index contributed by atoms with van der Waals surface area (Å²) in [6.07, 6.45) is 0. The summed E-state index contributed by atoms with van der Waals surface area (Å²) in [4.78, 5) is 24.6. The van der Waals surface area contributed by atoms with Gasteiger partial charge in [-0.2, -0.15) is 0 Å². The molecule has 0 aliphatic carbocycles. The fourth-order valence-corrected chi connectivity index (χ4v) is 2.35. The third-order valence-electron chi connectivity index (χ3n) is 2.80. The second kappa shape index (κ2) is 6.03. The van der Waals surface area contributed by atoms with Crippen LogP contribution in [0.5, 0.6) is 0 Å². The van der Waals surface area contributed by atoms with E-state index < -0.39 is 5.97 Å². The summed E-state index contributed by atoms with van der Waals surface area (Å²) in [7, 11) is 0. The van der Waals surface area contributed by atoms with E-state index in [1.165, 1.54) is 12.1 Å². The minimum absolute atomic E-state index is 0.130. The number of benzene rings is 1. The molecule has 2 rings (SSSR count). The van der Waals surface area contributed by atoms with Crippen LogP contribution in [0.4, 0.5) is 10.5 Å². The maximum atomic E-state index is 12.0. The zero-order valence-corrected chi connectivity index (χ0v) is 11.7. The van der Waals surface area contributed by atoms with Crippen LogP contribution in [0, 0.1) is 0 Å². The number of carbonyl (C=O) groups excluding carboxylic acids is 1. The maximum absolute atomic E-state index is 12.0. The van der Waals surface area contributed by atoms with Gasteiger partial charge in [0.25, 0.3) is 0 Å². The number of rotatable bonds is 2. The van der Waals surface area contributed by atoms with E-state index in [1.807, 2.05) is 0 Å². The summed E-state index contributed by atoms with van der Waals surface area (Å²) >= 11 is 3.23. The molecule has 0 bridgehead atoms. The monoisotopic (exact) mass is 327 g/mol. The molecule has 19 heavy (non-hydrogen) atoms. The van der Waals surface area contributed by atoms with Crippen molar-refractivity contribution in [3.8, 4) is 0 Å². The number of carboxylic acid groups (broad SMARTS) is 1. The number of carbonyl (C=O) groups is 2. The Morgan fingerprint density at radius 3 is 2.58 bits per heavy atom. The van der Waals surface area contributed by atoms with Gasteiger partial charge >= 0.3 is 12.0 Å². The van der Waals surface area contributed by atoms with Crippen LogP contribution in [0.1, 0.15) is 10.4 Å². The van der Waals surface area contributed by atoms with E-state index in [9.17, 15) is 9.59 Å². The van der Waals surface area contributed by atoms with Gasteiger partial charge in [-0.3, -0.25) is 0 Å². The molecule has 102 valence electrons. The summed E-state index contributed by atoms with van der Waals surface area (Å²) < 4.78 is 0.614. The van der Waals surface area contributed by atoms with Crippen LogP contribution in [-0.2, 0) is 0 Å². The topological polar surface area (TPSA) is 81.7 Å². The van der Waals surface area contributed by atoms with E-state index in [0.29, 0.717) is 23.2 Å². The van der Waals surface area contributed by atoms with Crippen molar-refractivity contribution in [2.24, 2.45) is 0 Å². The van der Waals surface area contributed by atoms with Crippen molar-refractivity contribution in [3.05, 3.63) is 28.2 Å². The number of hydrogen-bond donors (Lipinski definition) is 3. The van der Waals surface area contributed by atoms with Gasteiger partial charge in [-0.1, -0.05) is 15.9 Å². The lowest BCUT2D eigenvalue weighted by atomic mass is 10.2. The van der Waals surface area contributed by atoms with E-state index >= 15 is 0 Å². The van der Waals surface area contributed by atoms with Gasteiger partial charge in [0.1, 0.15) is 0 Å². The molecular formula is C12H14BrN3O3. The second-order valence-corrected chi connectivity index (χ2v) is 5.12. The predicted octanol–water partition coefficient (Wildman–Crippen LogP) is 1.58. The molecule has 3 N–H and O–H groups in total. The summed E-state index contributed by atoms with van der Waals surface area (Å²) in [5.41, 5.74) is 0.597. The van der Waals surface area contributed by atoms with Gasteiger partial charge in [-0.05, 0) is 18.2 Å². The SMILES string of the molecule is O=C(O)c1cc(Br)cc(NC(=O)N2CCNCC2)c1. The smallest absolute Gasteiger partial charge is 0.335 e. The number of halogens is 1. The highest BCUT2D eigenvalue weighted by Crippen LogP contribution is 2.20. The number of urea groups is 1. The van der Waals surface area contributed by atoms with Crippen LogP contribution in [0.25, 0.3) is 0 Å². The first-order valence-corrected chi connectivity index (χ1v) is 6.66. The summed E-state index contributed by atoms with van der Waals surface area (Å²) in [5.74, 6) is -1.03. The van der Waals surface area contributed by atoms with E-state index in [4.69, 9.17) is 5.11 Å². The number of nitrogens with one attached hydrogen (secondary N) is 2. The third kappa shape index (κ3) is 3.68. The molecule has 0 atom stereocenters. The van der Waals surface area contributed by atoms with Crippen molar-refractivity contribution in [1.82, 2.24) is 10.2 Å². The molecule has 1 aromatic rings. The van der Waals surface area contributed by atoms with Crippen LogP contribution in [0.3, 0.4) is 0 Å². The molecule has 0 unspecified atom stereocenters. The van der Waals surface area contributed by atoms with Gasteiger partial charge in [-0.25, -0.2) is 9.59 Å². The van der Waals surface area contributed by atoms with Gasteiger partial charge in [0, 0.05) is 36.3 Å². The van der Waals surface area contributed by atoms with Gasteiger partial charge < -0.3 is 20.6 Å². The molecule has 0 radical (unpaired) electrons. The lowest BCUT2D eigenvalue weighted by Crippen LogP contribution is -2.48. The lowest BCUT2D eigenvalue weighted by Gasteiger charge is -2.27. The van der Waals surface area contributed by atoms with Crippen LogP contribution < -0.4 is 10.6 Å². The Labute approximate surface area is 118 Å². The average Bonchev–Trinajstić information content (AvgIpc) is 2.39. The summed E-state index contributed by atoms with van der Waals surface area (Å²) in [6.45, 7) is 2.83. The fourth-order valence-electron chi connectivity index (χ4n) is 1.86. The standard InChI is InChI=1S/C12H14BrN3O3/c13-9-5-8(11(17)18)6-10(7-9)15-12(19)16-3-1-14-2-4-16/h5-7,14H,1-4H2,(H,15,19)(H,17,18). The van der Waals surface area contributed by atoms with Crippen molar-refractivity contribution in [1.29, 1.82) is 0 Å². The highest BCUT2D eigenvalue weighted by Gasteiger charge is 2.16. The van der Waals surface area contributed by atoms with Gasteiger partial charge in [0.2, 0.25) is 0 Å². The van der Waals surface area contributed by atoms with Gasteiger partial charge in [0.15, 0.2) is 0 Å². The molecule has 7 heteroatoms. The first kappa shape index (κ1) is 13.8. The van der Waals surface area contributed by atoms with Gasteiger partial charge in [0.05, 0.1) is 5.56 Å². The van der Waals surface area contributed by atoms with Crippen LogP contribution >= 0.6 is 15.9 Å². The average molecular weight is 328 g/mol. The highest BCUT2D eigenvalue weighted by molar-refractivity contribution is 9.10. The van der Waals surface area contributed by atoms with Crippen LogP contribution in [0.15, 0.2) is 22.7 Å². The molecule has 1 aliphatic heterocycles. The Bertz CT molecular complexity index is 501. The molecule has 6 nitrogen and oxygen atoms in total. The Morgan fingerprint density at radius 2 is 1.95 bits per heavy atom. The Balaban J connectivity index is 2.09. The predicted molar refractivity (Wildman–Crippen MR) is 74.6 cm³/mol. The Hall–Kier alpha value is -1.60. The fraction of sp³-hybridized carbons (Fsp3) is 0.333.